The van der Waals surface area contributed by atoms with Gasteiger partial charge < -0.3 is 14.2 Å². The molecule has 0 bridgehead atoms. The molecule has 0 fully saturated rings. The zero-order valence-corrected chi connectivity index (χ0v) is 12.6. The fourth-order valence-corrected chi connectivity index (χ4v) is 2.41. The average molecular weight is 292 g/mol. The third kappa shape index (κ3) is 3.54. The van der Waals surface area contributed by atoms with Crippen LogP contribution in [0.4, 0.5) is 0 Å². The van der Waals surface area contributed by atoms with Crippen molar-refractivity contribution in [3.63, 3.8) is 0 Å². The molecule has 1 aromatic rings. The lowest BCUT2D eigenvalue weighted by Crippen LogP contribution is -2.09. The number of carbonyl (C=O) groups is 2. The summed E-state index contributed by atoms with van der Waals surface area (Å²) in [7, 11) is 1.53. The number of methoxy groups -OCH3 is 1. The number of Topliss-reactive ketones (excluding diaryl/α,β-unsaturated/α-hetero) is 1. The van der Waals surface area contributed by atoms with Crippen molar-refractivity contribution in [2.45, 2.75) is 39.2 Å². The van der Waals surface area contributed by atoms with E-state index in [0.29, 0.717) is 17.9 Å². The van der Waals surface area contributed by atoms with E-state index >= 15 is 0 Å². The van der Waals surface area contributed by atoms with Gasteiger partial charge in [-0.1, -0.05) is 0 Å². The van der Waals surface area contributed by atoms with Crippen molar-refractivity contribution < 1.29 is 23.8 Å². The molecule has 0 saturated carbocycles. The van der Waals surface area contributed by atoms with Crippen LogP contribution in [0.25, 0.3) is 0 Å². The maximum absolute atomic E-state index is 12.3. The van der Waals surface area contributed by atoms with E-state index in [1.807, 2.05) is 13.0 Å². The first-order valence-corrected chi connectivity index (χ1v) is 7.11. The van der Waals surface area contributed by atoms with E-state index in [-0.39, 0.29) is 30.7 Å². The van der Waals surface area contributed by atoms with E-state index in [4.69, 9.17) is 14.2 Å². The Morgan fingerprint density at radius 1 is 1.33 bits per heavy atom. The zero-order chi connectivity index (χ0) is 15.4. The predicted molar refractivity (Wildman–Crippen MR) is 77.0 cm³/mol. The molecule has 0 radical (unpaired) electrons. The van der Waals surface area contributed by atoms with Crippen LogP contribution >= 0.6 is 0 Å². The summed E-state index contributed by atoms with van der Waals surface area (Å²) in [6.07, 6.45) is 1.09. The maximum atomic E-state index is 12.3. The lowest BCUT2D eigenvalue weighted by atomic mass is 10.0. The van der Waals surface area contributed by atoms with Crippen LogP contribution in [-0.4, -0.2) is 31.6 Å². The third-order valence-corrected chi connectivity index (χ3v) is 3.38. The van der Waals surface area contributed by atoms with Crippen LogP contribution in [0.1, 0.15) is 42.6 Å². The van der Waals surface area contributed by atoms with Crippen molar-refractivity contribution in [2.24, 2.45) is 0 Å². The number of hydrogen-bond acceptors (Lipinski definition) is 5. The predicted octanol–water partition coefficient (Wildman–Crippen LogP) is 2.54. The van der Waals surface area contributed by atoms with Gasteiger partial charge in [-0.05, 0) is 26.0 Å². The van der Waals surface area contributed by atoms with Crippen LogP contribution in [0, 0.1) is 0 Å². The topological polar surface area (TPSA) is 61.8 Å². The molecule has 2 rings (SSSR count). The Labute approximate surface area is 124 Å². The van der Waals surface area contributed by atoms with Gasteiger partial charge in [0.2, 0.25) is 0 Å². The zero-order valence-electron chi connectivity index (χ0n) is 12.6. The van der Waals surface area contributed by atoms with Gasteiger partial charge in [-0.2, -0.15) is 0 Å². The summed E-state index contributed by atoms with van der Waals surface area (Å²) in [5.74, 6) is 0.741. The van der Waals surface area contributed by atoms with Gasteiger partial charge in [-0.15, -0.1) is 0 Å². The van der Waals surface area contributed by atoms with E-state index < -0.39 is 0 Å². The summed E-state index contributed by atoms with van der Waals surface area (Å²) >= 11 is 0. The van der Waals surface area contributed by atoms with Gasteiger partial charge in [0.1, 0.15) is 17.6 Å². The standard InChI is InChI=1S/C16H20O5/c1-4-20-16(18)6-5-13(17)12-9-14-11(7-10(2)21-14)8-15(12)19-3/h8-10H,4-7H2,1-3H3. The molecule has 1 heterocycles. The summed E-state index contributed by atoms with van der Waals surface area (Å²) < 4.78 is 15.8. The lowest BCUT2D eigenvalue weighted by Gasteiger charge is -2.10. The fraction of sp³-hybridized carbons (Fsp3) is 0.500. The molecule has 1 aromatic carbocycles. The molecule has 0 aliphatic carbocycles. The average Bonchev–Trinajstić information content (AvgIpc) is 2.82. The van der Waals surface area contributed by atoms with E-state index in [9.17, 15) is 9.59 Å². The highest BCUT2D eigenvalue weighted by Crippen LogP contribution is 2.35. The highest BCUT2D eigenvalue weighted by molar-refractivity contribution is 6.00. The fourth-order valence-electron chi connectivity index (χ4n) is 2.41. The molecule has 1 atom stereocenters. The molecule has 0 spiro atoms. The van der Waals surface area contributed by atoms with E-state index in [0.717, 1.165) is 17.7 Å². The number of benzene rings is 1. The van der Waals surface area contributed by atoms with E-state index in [1.54, 1.807) is 13.0 Å². The molecule has 5 heteroatoms. The summed E-state index contributed by atoms with van der Waals surface area (Å²) in [5, 5.41) is 0. The van der Waals surface area contributed by atoms with Crippen LogP contribution in [0.3, 0.4) is 0 Å². The maximum Gasteiger partial charge on any atom is 0.306 e. The summed E-state index contributed by atoms with van der Waals surface area (Å²) in [5.41, 5.74) is 1.50. The first-order valence-electron chi connectivity index (χ1n) is 7.11. The molecule has 0 saturated heterocycles. The second-order valence-corrected chi connectivity index (χ2v) is 5.02. The molecule has 5 nitrogen and oxygen atoms in total. The first-order chi connectivity index (χ1) is 10.0. The van der Waals surface area contributed by atoms with Crippen molar-refractivity contribution >= 4 is 11.8 Å². The number of ketones is 1. The number of esters is 1. The molecular formula is C16H20O5. The number of fused-ring (bicyclic) bond motifs is 1. The molecule has 0 aromatic heterocycles. The van der Waals surface area contributed by atoms with Gasteiger partial charge in [0.05, 0.1) is 25.7 Å². The quantitative estimate of drug-likeness (QED) is 0.595. The van der Waals surface area contributed by atoms with Crippen molar-refractivity contribution in [3.8, 4) is 11.5 Å². The summed E-state index contributed by atoms with van der Waals surface area (Å²) in [4.78, 5) is 23.6. The van der Waals surface area contributed by atoms with Crippen LogP contribution in [0.2, 0.25) is 0 Å². The van der Waals surface area contributed by atoms with Crippen molar-refractivity contribution in [3.05, 3.63) is 23.3 Å². The molecule has 1 unspecified atom stereocenters. The van der Waals surface area contributed by atoms with Gasteiger partial charge in [0.25, 0.3) is 0 Å². The van der Waals surface area contributed by atoms with Crippen LogP contribution in [-0.2, 0) is 16.0 Å². The monoisotopic (exact) mass is 292 g/mol. The Balaban J connectivity index is 2.13. The Hall–Kier alpha value is -2.04. The molecule has 21 heavy (non-hydrogen) atoms. The molecule has 0 amide bonds. The highest BCUT2D eigenvalue weighted by Gasteiger charge is 2.24. The van der Waals surface area contributed by atoms with Gasteiger partial charge in [-0.25, -0.2) is 0 Å². The Bertz CT molecular complexity index is 550. The van der Waals surface area contributed by atoms with Gasteiger partial charge in [0, 0.05) is 18.4 Å². The molecule has 0 N–H and O–H groups in total. The lowest BCUT2D eigenvalue weighted by molar-refractivity contribution is -0.143. The molecule has 1 aliphatic rings. The first kappa shape index (κ1) is 15.4. The second-order valence-electron chi connectivity index (χ2n) is 5.02. The molecule has 114 valence electrons. The van der Waals surface area contributed by atoms with E-state index in [1.165, 1.54) is 7.11 Å². The third-order valence-electron chi connectivity index (χ3n) is 3.38. The van der Waals surface area contributed by atoms with Crippen molar-refractivity contribution in [1.29, 1.82) is 0 Å². The second kappa shape index (κ2) is 6.61. The summed E-state index contributed by atoms with van der Waals surface area (Å²) in [6.45, 7) is 4.04. The number of hydrogen-bond donors (Lipinski definition) is 0. The van der Waals surface area contributed by atoms with Crippen LogP contribution in [0.15, 0.2) is 12.1 Å². The van der Waals surface area contributed by atoms with Crippen LogP contribution < -0.4 is 9.47 Å². The normalized spacial score (nSPS) is 16.0. The Morgan fingerprint density at radius 2 is 2.10 bits per heavy atom. The minimum absolute atomic E-state index is 0.0736. The van der Waals surface area contributed by atoms with Crippen molar-refractivity contribution in [2.75, 3.05) is 13.7 Å². The SMILES string of the molecule is CCOC(=O)CCC(=O)c1cc2c(cc1OC)CC(C)O2. The minimum Gasteiger partial charge on any atom is -0.496 e. The largest absolute Gasteiger partial charge is 0.496 e. The number of ether oxygens (including phenoxy) is 3. The molecule has 1 aliphatic heterocycles. The Morgan fingerprint density at radius 3 is 2.76 bits per heavy atom. The minimum atomic E-state index is -0.365. The van der Waals surface area contributed by atoms with Gasteiger partial charge in [-0.3, -0.25) is 9.59 Å². The van der Waals surface area contributed by atoms with Gasteiger partial charge in [0.15, 0.2) is 5.78 Å². The number of rotatable bonds is 6. The smallest absolute Gasteiger partial charge is 0.306 e. The van der Waals surface area contributed by atoms with Crippen molar-refractivity contribution in [1.82, 2.24) is 0 Å². The van der Waals surface area contributed by atoms with E-state index in [2.05, 4.69) is 0 Å². The summed E-state index contributed by atoms with van der Waals surface area (Å²) in [6, 6.07) is 3.56. The Kier molecular flexibility index (Phi) is 4.83. The highest BCUT2D eigenvalue weighted by atomic mass is 16.5. The van der Waals surface area contributed by atoms with Gasteiger partial charge >= 0.3 is 5.97 Å². The number of carbonyl (C=O) groups excluding carboxylic acids is 2. The van der Waals surface area contributed by atoms with Crippen LogP contribution in [0.5, 0.6) is 11.5 Å². The molecular weight excluding hydrogens is 272 g/mol.